The van der Waals surface area contributed by atoms with Gasteiger partial charge in [-0.15, -0.1) is 0 Å². The summed E-state index contributed by atoms with van der Waals surface area (Å²) in [5, 5.41) is 2.87. The van der Waals surface area contributed by atoms with E-state index in [0.29, 0.717) is 24.4 Å². The molecule has 0 unspecified atom stereocenters. The number of sulfonamides is 1. The summed E-state index contributed by atoms with van der Waals surface area (Å²) in [5.74, 6) is -1.22. The lowest BCUT2D eigenvalue weighted by Crippen LogP contribution is -2.53. The molecule has 222 valence electrons. The number of nitrogens with one attached hydrogen (secondary N) is 1. The zero-order chi connectivity index (χ0) is 30.4. The van der Waals surface area contributed by atoms with Gasteiger partial charge in [0.25, 0.3) is 5.91 Å². The Hall–Kier alpha value is -4.54. The highest BCUT2D eigenvalue weighted by molar-refractivity contribution is 7.89. The Kier molecular flexibility index (Phi) is 9.18. The summed E-state index contributed by atoms with van der Waals surface area (Å²) in [6.07, 6.45) is -0.385. The SMILES string of the molecule is Cc1ccc(S(=O)(=O)N(CC(=O)N2C[C@H](C(=O)NCCc3ccccc3)Oc3ccccc32)Cc2ccccc2F)cc1. The van der Waals surface area contributed by atoms with Crippen LogP contribution in [0.5, 0.6) is 5.75 Å². The van der Waals surface area contributed by atoms with E-state index in [1.165, 1.54) is 35.2 Å². The highest BCUT2D eigenvalue weighted by Gasteiger charge is 2.36. The Balaban J connectivity index is 1.38. The predicted molar refractivity (Wildman–Crippen MR) is 162 cm³/mol. The van der Waals surface area contributed by atoms with Crippen LogP contribution in [-0.2, 0) is 32.6 Å². The van der Waals surface area contributed by atoms with Gasteiger partial charge in [0.05, 0.1) is 23.7 Å². The molecule has 4 aromatic carbocycles. The first-order valence-corrected chi connectivity index (χ1v) is 15.3. The van der Waals surface area contributed by atoms with E-state index in [0.717, 1.165) is 15.4 Å². The number of aryl methyl sites for hydroxylation is 1. The van der Waals surface area contributed by atoms with Gasteiger partial charge in [-0.1, -0.05) is 78.4 Å². The number of ether oxygens (including phenoxy) is 1. The van der Waals surface area contributed by atoms with Gasteiger partial charge in [0.15, 0.2) is 6.10 Å². The Labute approximate surface area is 250 Å². The van der Waals surface area contributed by atoms with Gasteiger partial charge >= 0.3 is 0 Å². The fraction of sp³-hybridized carbons (Fsp3) is 0.212. The van der Waals surface area contributed by atoms with E-state index in [1.54, 1.807) is 42.5 Å². The van der Waals surface area contributed by atoms with Crippen molar-refractivity contribution in [1.29, 1.82) is 0 Å². The van der Waals surface area contributed by atoms with E-state index < -0.39 is 40.3 Å². The van der Waals surface area contributed by atoms with Gasteiger partial charge in [-0.2, -0.15) is 4.31 Å². The highest BCUT2D eigenvalue weighted by atomic mass is 32.2. The van der Waals surface area contributed by atoms with Crippen LogP contribution in [0.25, 0.3) is 0 Å². The van der Waals surface area contributed by atoms with Crippen molar-refractivity contribution in [3.8, 4) is 5.75 Å². The summed E-state index contributed by atoms with van der Waals surface area (Å²) < 4.78 is 49.1. The molecular weight excluding hydrogens is 569 g/mol. The second kappa shape index (κ2) is 13.2. The van der Waals surface area contributed by atoms with Crippen LogP contribution < -0.4 is 15.0 Å². The highest BCUT2D eigenvalue weighted by Crippen LogP contribution is 2.34. The minimum atomic E-state index is -4.20. The molecular formula is C33H32FN3O5S. The number of amides is 2. The first-order chi connectivity index (χ1) is 20.7. The smallest absolute Gasteiger partial charge is 0.262 e. The summed E-state index contributed by atoms with van der Waals surface area (Å²) in [6, 6.07) is 28.6. The molecule has 1 aliphatic heterocycles. The van der Waals surface area contributed by atoms with Gasteiger partial charge in [0.2, 0.25) is 15.9 Å². The molecule has 8 nitrogen and oxygen atoms in total. The molecule has 43 heavy (non-hydrogen) atoms. The van der Waals surface area contributed by atoms with Crippen molar-refractivity contribution in [2.75, 3.05) is 24.5 Å². The zero-order valence-corrected chi connectivity index (χ0v) is 24.5. The fourth-order valence-corrected chi connectivity index (χ4v) is 6.20. The summed E-state index contributed by atoms with van der Waals surface area (Å²) >= 11 is 0. The van der Waals surface area contributed by atoms with Crippen LogP contribution in [0.1, 0.15) is 16.7 Å². The standard InChI is InChI=1S/C33H32FN3O5S/c1-24-15-17-27(18-16-24)43(40,41)36(21-26-11-5-6-12-28(26)34)23-32(38)37-22-31(42-30-14-8-7-13-29(30)37)33(39)35-20-19-25-9-3-2-4-10-25/h2-18,31H,19-23H2,1H3,(H,35,39)/t31-/m1/s1. The van der Waals surface area contributed by atoms with Crippen LogP contribution in [0.15, 0.2) is 108 Å². The van der Waals surface area contributed by atoms with Crippen molar-refractivity contribution in [2.24, 2.45) is 0 Å². The third kappa shape index (κ3) is 7.10. The summed E-state index contributed by atoms with van der Waals surface area (Å²) in [6.45, 7) is 1.15. The lowest BCUT2D eigenvalue weighted by Gasteiger charge is -2.35. The van der Waals surface area contributed by atoms with E-state index in [4.69, 9.17) is 4.74 Å². The molecule has 0 saturated carbocycles. The van der Waals surface area contributed by atoms with Crippen molar-refractivity contribution >= 4 is 27.5 Å². The van der Waals surface area contributed by atoms with Crippen molar-refractivity contribution < 1.29 is 27.1 Å². The fourth-order valence-electron chi connectivity index (χ4n) is 4.83. The van der Waals surface area contributed by atoms with Crippen molar-refractivity contribution in [2.45, 2.75) is 30.9 Å². The molecule has 2 amide bonds. The number of rotatable bonds is 10. The third-order valence-corrected chi connectivity index (χ3v) is 9.00. The molecule has 1 N–H and O–H groups in total. The molecule has 0 spiro atoms. The topological polar surface area (TPSA) is 96.0 Å². The maximum absolute atomic E-state index is 14.7. The minimum absolute atomic E-state index is 0.0136. The van der Waals surface area contributed by atoms with Crippen molar-refractivity contribution in [1.82, 2.24) is 9.62 Å². The normalized spacial score (nSPS) is 14.6. The molecule has 1 aliphatic rings. The zero-order valence-electron chi connectivity index (χ0n) is 23.6. The Morgan fingerprint density at radius 3 is 2.35 bits per heavy atom. The number of hydrogen-bond acceptors (Lipinski definition) is 5. The third-order valence-electron chi connectivity index (χ3n) is 7.20. The maximum atomic E-state index is 14.7. The summed E-state index contributed by atoms with van der Waals surface area (Å²) in [7, 11) is -4.20. The summed E-state index contributed by atoms with van der Waals surface area (Å²) in [5.41, 5.74) is 2.48. The van der Waals surface area contributed by atoms with Gasteiger partial charge in [0.1, 0.15) is 11.6 Å². The molecule has 10 heteroatoms. The van der Waals surface area contributed by atoms with E-state index in [-0.39, 0.29) is 23.5 Å². The number of hydrogen-bond donors (Lipinski definition) is 1. The molecule has 0 aromatic heterocycles. The second-order valence-electron chi connectivity index (χ2n) is 10.3. The van der Waals surface area contributed by atoms with Crippen LogP contribution in [0.3, 0.4) is 0 Å². The molecule has 1 heterocycles. The average molecular weight is 602 g/mol. The number of carbonyl (C=O) groups is 2. The maximum Gasteiger partial charge on any atom is 0.262 e. The Morgan fingerprint density at radius 1 is 0.930 bits per heavy atom. The van der Waals surface area contributed by atoms with Crippen LogP contribution in [0, 0.1) is 12.7 Å². The van der Waals surface area contributed by atoms with Gasteiger partial charge in [0, 0.05) is 18.7 Å². The first-order valence-electron chi connectivity index (χ1n) is 13.9. The van der Waals surface area contributed by atoms with Gasteiger partial charge in [-0.05, 0) is 49.2 Å². The molecule has 1 atom stereocenters. The molecule has 4 aromatic rings. The molecule has 0 radical (unpaired) electrons. The van der Waals surface area contributed by atoms with E-state index >= 15 is 0 Å². The van der Waals surface area contributed by atoms with Crippen LogP contribution in [0.4, 0.5) is 10.1 Å². The summed E-state index contributed by atoms with van der Waals surface area (Å²) in [4.78, 5) is 28.3. The van der Waals surface area contributed by atoms with E-state index in [1.807, 2.05) is 37.3 Å². The number of anilines is 1. The van der Waals surface area contributed by atoms with Gasteiger partial charge < -0.3 is 15.0 Å². The first kappa shape index (κ1) is 29.9. The second-order valence-corrected chi connectivity index (χ2v) is 12.2. The molecule has 0 aliphatic carbocycles. The van der Waals surface area contributed by atoms with Crippen LogP contribution in [0.2, 0.25) is 0 Å². The number of carbonyl (C=O) groups excluding carboxylic acids is 2. The molecule has 0 fully saturated rings. The number of fused-ring (bicyclic) bond motifs is 1. The Bertz CT molecular complexity index is 1700. The predicted octanol–water partition coefficient (Wildman–Crippen LogP) is 4.48. The van der Waals surface area contributed by atoms with Crippen molar-refractivity contribution in [3.05, 3.63) is 126 Å². The number of para-hydroxylation sites is 2. The largest absolute Gasteiger partial charge is 0.477 e. The average Bonchev–Trinajstić information content (AvgIpc) is 3.01. The number of nitrogens with zero attached hydrogens (tertiary/aromatic N) is 2. The monoisotopic (exact) mass is 601 g/mol. The quantitative estimate of drug-likeness (QED) is 0.289. The lowest BCUT2D eigenvalue weighted by atomic mass is 10.1. The Morgan fingerprint density at radius 2 is 1.60 bits per heavy atom. The van der Waals surface area contributed by atoms with E-state index in [9.17, 15) is 22.4 Å². The number of halogens is 1. The van der Waals surface area contributed by atoms with Crippen molar-refractivity contribution in [3.63, 3.8) is 0 Å². The van der Waals surface area contributed by atoms with E-state index in [2.05, 4.69) is 5.32 Å². The molecule has 0 saturated heterocycles. The minimum Gasteiger partial charge on any atom is -0.477 e. The van der Waals surface area contributed by atoms with Crippen LogP contribution >= 0.6 is 0 Å². The van der Waals surface area contributed by atoms with Gasteiger partial charge in [-0.3, -0.25) is 9.59 Å². The van der Waals surface area contributed by atoms with Gasteiger partial charge in [-0.25, -0.2) is 12.8 Å². The lowest BCUT2D eigenvalue weighted by molar-refractivity contribution is -0.128. The number of benzene rings is 4. The molecule has 0 bridgehead atoms. The molecule has 5 rings (SSSR count). The van der Waals surface area contributed by atoms with Crippen LogP contribution in [-0.4, -0.2) is 50.3 Å².